The summed E-state index contributed by atoms with van der Waals surface area (Å²) in [6, 6.07) is 8.01. The Bertz CT molecular complexity index is 857. The number of likely N-dealkylation sites (tertiary alicyclic amines) is 1. The molecule has 0 spiro atoms. The molecular formula is C33H52N2OS. The van der Waals surface area contributed by atoms with Crippen LogP contribution in [0.2, 0.25) is 0 Å². The monoisotopic (exact) mass is 524 g/mol. The minimum atomic E-state index is 0.165. The molecule has 4 heteroatoms. The zero-order valence-electron chi connectivity index (χ0n) is 24.4. The molecule has 3 rings (SSSR count). The lowest BCUT2D eigenvalue weighted by molar-refractivity contribution is 0.0592. The largest absolute Gasteiger partial charge is 0.332 e. The summed E-state index contributed by atoms with van der Waals surface area (Å²) >= 11 is 4.39. The van der Waals surface area contributed by atoms with Gasteiger partial charge in [-0.15, -0.1) is 25.0 Å². The highest BCUT2D eigenvalue weighted by atomic mass is 32.1. The summed E-state index contributed by atoms with van der Waals surface area (Å²) in [7, 11) is 0. The Morgan fingerprint density at radius 3 is 2.35 bits per heavy atom. The number of hydrogen-bond donors (Lipinski definition) is 1. The van der Waals surface area contributed by atoms with E-state index in [0.717, 1.165) is 55.3 Å². The fraction of sp³-hybridized carbons (Fsp3) is 0.606. The molecule has 1 aromatic carbocycles. The van der Waals surface area contributed by atoms with Crippen LogP contribution in [0.1, 0.15) is 96.8 Å². The average molecular weight is 525 g/mol. The molecule has 1 heterocycles. The van der Waals surface area contributed by atoms with E-state index in [1.54, 1.807) is 6.92 Å². The third-order valence-electron chi connectivity index (χ3n) is 6.98. The first-order valence-electron chi connectivity index (χ1n) is 14.4. The van der Waals surface area contributed by atoms with Crippen LogP contribution >= 0.6 is 12.6 Å². The second kappa shape index (κ2) is 19.2. The van der Waals surface area contributed by atoms with Crippen LogP contribution in [-0.4, -0.2) is 47.9 Å². The summed E-state index contributed by atoms with van der Waals surface area (Å²) in [5.41, 5.74) is 2.17. The van der Waals surface area contributed by atoms with Crippen molar-refractivity contribution in [1.29, 1.82) is 0 Å². The van der Waals surface area contributed by atoms with Gasteiger partial charge in [-0.3, -0.25) is 4.79 Å². The minimum absolute atomic E-state index is 0.165. The van der Waals surface area contributed by atoms with Gasteiger partial charge in [0.05, 0.1) is 0 Å². The lowest BCUT2D eigenvalue weighted by Gasteiger charge is -2.39. The van der Waals surface area contributed by atoms with Gasteiger partial charge in [-0.2, -0.15) is 0 Å². The number of thiol groups is 1. The van der Waals surface area contributed by atoms with Gasteiger partial charge in [0.1, 0.15) is 0 Å². The number of carbonyl (C=O) groups is 1. The summed E-state index contributed by atoms with van der Waals surface area (Å²) in [5.74, 6) is 3.83. The van der Waals surface area contributed by atoms with Gasteiger partial charge >= 0.3 is 0 Å². The first-order valence-corrected chi connectivity index (χ1v) is 14.9. The maximum Gasteiger partial charge on any atom is 0.254 e. The highest BCUT2D eigenvalue weighted by Crippen LogP contribution is 2.26. The van der Waals surface area contributed by atoms with Crippen molar-refractivity contribution in [1.82, 2.24) is 9.80 Å². The van der Waals surface area contributed by atoms with E-state index in [1.165, 1.54) is 37.8 Å². The first-order chi connectivity index (χ1) is 17.9. The number of rotatable bonds is 9. The Balaban J connectivity index is 0.00000127. The lowest BCUT2D eigenvalue weighted by Crippen LogP contribution is -2.48. The predicted octanol–water partition coefficient (Wildman–Crippen LogP) is 8.29. The third kappa shape index (κ3) is 12.4. The van der Waals surface area contributed by atoms with Crippen LogP contribution in [-0.2, 0) is 0 Å². The molecule has 1 fully saturated rings. The molecule has 0 aromatic heterocycles. The summed E-state index contributed by atoms with van der Waals surface area (Å²) < 4.78 is 0. The fourth-order valence-electron chi connectivity index (χ4n) is 4.89. The van der Waals surface area contributed by atoms with Gasteiger partial charge in [0, 0.05) is 36.1 Å². The van der Waals surface area contributed by atoms with Crippen LogP contribution in [0, 0.1) is 24.2 Å². The maximum atomic E-state index is 13.6. The smallest absolute Gasteiger partial charge is 0.254 e. The molecule has 1 atom stereocenters. The Labute approximate surface area is 234 Å². The van der Waals surface area contributed by atoms with E-state index in [-0.39, 0.29) is 5.91 Å². The first kappa shape index (κ1) is 33.1. The Morgan fingerprint density at radius 1 is 1.16 bits per heavy atom. The SMILES string of the molecule is C#CC.CC.CCCC1C=CC=C(CN(C(=O)c2ccc(S)cc2)C2CCN(CCC(C)C)CC2)CC1. The van der Waals surface area contributed by atoms with Crippen molar-refractivity contribution in [3.63, 3.8) is 0 Å². The van der Waals surface area contributed by atoms with E-state index in [2.05, 4.69) is 73.8 Å². The number of piperidine rings is 1. The van der Waals surface area contributed by atoms with E-state index >= 15 is 0 Å². The van der Waals surface area contributed by atoms with E-state index in [9.17, 15) is 4.79 Å². The molecule has 0 bridgehead atoms. The van der Waals surface area contributed by atoms with Gasteiger partial charge in [-0.1, -0.05) is 64.8 Å². The average Bonchev–Trinajstić information content (AvgIpc) is 3.13. The van der Waals surface area contributed by atoms with Gasteiger partial charge < -0.3 is 9.80 Å². The molecule has 1 unspecified atom stereocenters. The molecule has 206 valence electrons. The van der Waals surface area contributed by atoms with Crippen molar-refractivity contribution in [2.75, 3.05) is 26.2 Å². The fourth-order valence-corrected chi connectivity index (χ4v) is 5.04. The second-order valence-corrected chi connectivity index (χ2v) is 10.8. The molecule has 0 N–H and O–H groups in total. The van der Waals surface area contributed by atoms with Crippen molar-refractivity contribution < 1.29 is 4.79 Å². The molecule has 0 radical (unpaired) electrons. The highest BCUT2D eigenvalue weighted by Gasteiger charge is 2.29. The highest BCUT2D eigenvalue weighted by molar-refractivity contribution is 7.80. The lowest BCUT2D eigenvalue weighted by atomic mass is 9.96. The molecule has 1 aliphatic heterocycles. The molecule has 1 amide bonds. The quantitative estimate of drug-likeness (QED) is 0.259. The molecule has 1 aliphatic carbocycles. The molecule has 37 heavy (non-hydrogen) atoms. The number of allylic oxidation sites excluding steroid dienone is 3. The maximum absolute atomic E-state index is 13.6. The van der Waals surface area contributed by atoms with Crippen LogP contribution in [0.4, 0.5) is 0 Å². The minimum Gasteiger partial charge on any atom is -0.332 e. The van der Waals surface area contributed by atoms with Gasteiger partial charge in [-0.25, -0.2) is 0 Å². The van der Waals surface area contributed by atoms with Crippen LogP contribution in [0.25, 0.3) is 0 Å². The number of nitrogens with zero attached hydrogens (tertiary/aromatic N) is 2. The molecule has 0 saturated carbocycles. The zero-order valence-corrected chi connectivity index (χ0v) is 25.3. The van der Waals surface area contributed by atoms with Gasteiger partial charge in [0.15, 0.2) is 0 Å². The molecule has 1 aromatic rings. The van der Waals surface area contributed by atoms with Gasteiger partial charge in [-0.05, 0) is 88.1 Å². The van der Waals surface area contributed by atoms with E-state index in [4.69, 9.17) is 0 Å². The summed E-state index contributed by atoms with van der Waals surface area (Å²) in [6.07, 6.45) is 19.6. The van der Waals surface area contributed by atoms with Crippen molar-refractivity contribution in [2.24, 2.45) is 11.8 Å². The number of hydrogen-bond acceptors (Lipinski definition) is 3. The summed E-state index contributed by atoms with van der Waals surface area (Å²) in [4.78, 5) is 19.3. The van der Waals surface area contributed by atoms with Crippen molar-refractivity contribution >= 4 is 18.5 Å². The molecular weight excluding hydrogens is 472 g/mol. The number of benzene rings is 1. The topological polar surface area (TPSA) is 23.6 Å². The van der Waals surface area contributed by atoms with Crippen molar-refractivity contribution in [3.05, 3.63) is 53.6 Å². The Morgan fingerprint density at radius 2 is 1.78 bits per heavy atom. The van der Waals surface area contributed by atoms with Gasteiger partial charge in [0.2, 0.25) is 0 Å². The van der Waals surface area contributed by atoms with E-state index in [0.29, 0.717) is 12.0 Å². The Hall–Kier alpha value is -1.96. The van der Waals surface area contributed by atoms with Crippen molar-refractivity contribution in [3.8, 4) is 12.3 Å². The standard InChI is InChI=1S/C28H42N2OS.C3H4.C2H6/c1-4-6-23-7-5-8-24(10-9-23)21-30(28(31)25-11-13-27(32)14-12-25)26-16-19-29(20-17-26)18-15-22(2)3;1-3-2;1-2/h5,7-8,11-14,22-23,26,32H,4,6,9-10,15-21H2,1-3H3;1H,2H3;1-2H3. The van der Waals surface area contributed by atoms with E-state index in [1.807, 2.05) is 38.1 Å². The molecule has 1 saturated heterocycles. The van der Waals surface area contributed by atoms with Gasteiger partial charge in [0.25, 0.3) is 5.91 Å². The predicted molar refractivity (Wildman–Crippen MR) is 164 cm³/mol. The molecule has 3 nitrogen and oxygen atoms in total. The summed E-state index contributed by atoms with van der Waals surface area (Å²) in [5, 5.41) is 0. The van der Waals surface area contributed by atoms with Crippen LogP contribution in [0.3, 0.4) is 0 Å². The van der Waals surface area contributed by atoms with Crippen molar-refractivity contribution in [2.45, 2.75) is 97.4 Å². The normalized spacial score (nSPS) is 17.9. The van der Waals surface area contributed by atoms with E-state index < -0.39 is 0 Å². The van der Waals surface area contributed by atoms with Crippen LogP contribution in [0.5, 0.6) is 0 Å². The second-order valence-electron chi connectivity index (χ2n) is 10.3. The van der Waals surface area contributed by atoms with Crippen LogP contribution in [0.15, 0.2) is 53.0 Å². The molecule has 2 aliphatic rings. The zero-order chi connectivity index (χ0) is 27.6. The number of carbonyl (C=O) groups excluding carboxylic acids is 1. The van der Waals surface area contributed by atoms with Crippen LogP contribution < -0.4 is 0 Å². The number of terminal acetylenes is 1. The summed E-state index contributed by atoms with van der Waals surface area (Å²) in [6.45, 7) is 16.6. The third-order valence-corrected chi connectivity index (χ3v) is 7.28. The Kier molecular flexibility index (Phi) is 17.1. The number of amides is 1.